The third-order valence-corrected chi connectivity index (χ3v) is 12.3. The molecule has 0 saturated carbocycles. The van der Waals surface area contributed by atoms with Crippen molar-refractivity contribution in [2.45, 2.75) is 107 Å². The van der Waals surface area contributed by atoms with Crippen LogP contribution < -0.4 is 21.3 Å². The Bertz CT molecular complexity index is 2080. The molecule has 35 nitrogen and oxygen atoms in total. The molecule has 3 atom stereocenters. The van der Waals surface area contributed by atoms with Crippen LogP contribution in [0.5, 0.6) is 0 Å². The highest BCUT2D eigenvalue weighted by atomic mass is 16.5. The van der Waals surface area contributed by atoms with Gasteiger partial charge in [-0.3, -0.25) is 91.5 Å². The molecule has 0 aromatic rings. The van der Waals surface area contributed by atoms with E-state index in [1.54, 1.807) is 0 Å². The fraction of sp³-hybridized carbons (Fsp3) is 0.660. The summed E-state index contributed by atoms with van der Waals surface area (Å²) < 4.78 is 17.5. The molecule has 0 spiro atoms. The van der Waals surface area contributed by atoms with Crippen LogP contribution in [-0.4, -0.2) is 283 Å². The normalized spacial score (nSPS) is 13.8. The van der Waals surface area contributed by atoms with Gasteiger partial charge in [-0.25, -0.2) is 0 Å². The lowest BCUT2D eigenvalue weighted by Crippen LogP contribution is -2.59. The fourth-order valence-electron chi connectivity index (χ4n) is 8.35. The van der Waals surface area contributed by atoms with Crippen molar-refractivity contribution in [3.63, 3.8) is 0 Å². The van der Waals surface area contributed by atoms with Crippen LogP contribution in [0.2, 0.25) is 0 Å². The maximum absolute atomic E-state index is 13.6. The summed E-state index contributed by atoms with van der Waals surface area (Å²) in [4.78, 5) is 183. The van der Waals surface area contributed by atoms with Crippen LogP contribution in [0.15, 0.2) is 12.2 Å². The number of nitrogens with one attached hydrogen (secondary N) is 4. The van der Waals surface area contributed by atoms with Crippen LogP contribution in [0.25, 0.3) is 0 Å². The number of hydrogen-bond acceptors (Lipinski definition) is 21. The van der Waals surface area contributed by atoms with Crippen molar-refractivity contribution in [2.75, 3.05) is 105 Å². The molecule has 0 aliphatic carbocycles. The first kappa shape index (κ1) is 74.8. The minimum atomic E-state index is -1.70. The van der Waals surface area contributed by atoms with Gasteiger partial charge in [0.2, 0.25) is 23.6 Å². The summed E-state index contributed by atoms with van der Waals surface area (Å²) in [7, 11) is 0. The molecule has 13 N–H and O–H groups in total. The number of imide groups is 1. The van der Waals surface area contributed by atoms with Crippen molar-refractivity contribution < 1.29 is 132 Å². The molecule has 0 bridgehead atoms. The average Bonchev–Trinajstić information content (AvgIpc) is 3.74. The molecule has 478 valence electrons. The van der Waals surface area contributed by atoms with Gasteiger partial charge in [0.15, 0.2) is 0 Å². The third-order valence-electron chi connectivity index (χ3n) is 12.3. The van der Waals surface area contributed by atoms with Crippen molar-refractivity contribution in [2.24, 2.45) is 0 Å². The van der Waals surface area contributed by atoms with Crippen molar-refractivity contribution in [1.82, 2.24) is 40.9 Å². The molecule has 6 amide bonds. The van der Waals surface area contributed by atoms with Crippen LogP contribution in [0, 0.1) is 0 Å². The van der Waals surface area contributed by atoms with E-state index in [4.69, 9.17) is 44.8 Å². The molecule has 1 aliphatic heterocycles. The van der Waals surface area contributed by atoms with E-state index in [0.29, 0.717) is 0 Å². The molecule has 3 unspecified atom stereocenters. The van der Waals surface area contributed by atoms with E-state index in [1.807, 2.05) is 0 Å². The number of carboxylic acid groups (broad SMARTS) is 9. The Morgan fingerprint density at radius 2 is 0.682 bits per heavy atom. The van der Waals surface area contributed by atoms with Crippen LogP contribution in [0.4, 0.5) is 0 Å². The number of carboxylic acids is 9. The number of carbonyl (C=O) groups excluding carboxylic acids is 6. The second-order valence-corrected chi connectivity index (χ2v) is 19.3. The van der Waals surface area contributed by atoms with E-state index in [0.717, 1.165) is 31.8 Å². The number of nitrogens with zero attached hydrogens (tertiary/aromatic N) is 4. The minimum Gasteiger partial charge on any atom is -0.480 e. The number of ether oxygens (including phenoxy) is 3. The molecule has 85 heavy (non-hydrogen) atoms. The zero-order chi connectivity index (χ0) is 64.1. The summed E-state index contributed by atoms with van der Waals surface area (Å²) in [6, 6.07) is -4.34. The van der Waals surface area contributed by atoms with E-state index in [1.165, 1.54) is 0 Å². The molecule has 0 aromatic carbocycles. The molecule has 1 rings (SSSR count). The highest BCUT2D eigenvalue weighted by molar-refractivity contribution is 6.13. The van der Waals surface area contributed by atoms with Gasteiger partial charge in [0.1, 0.15) is 23.7 Å². The van der Waals surface area contributed by atoms with Crippen LogP contribution in [0.1, 0.15) is 83.5 Å². The molecule has 1 heterocycles. The largest absolute Gasteiger partial charge is 0.480 e. The monoisotopic (exact) mass is 1220 g/mol. The van der Waals surface area contributed by atoms with Gasteiger partial charge in [0, 0.05) is 64.0 Å². The number of unbranched alkanes of at least 4 members (excludes halogenated alkanes) is 3. The lowest BCUT2D eigenvalue weighted by molar-refractivity contribution is -0.152. The standard InChI is InChI=1S/C50H76N8O27/c59-35(51-16-4-1-7-32(47(77)78)55(23-41(65)66)24-42(67)68)13-20-83-29-50(54-38(62)12-19-58-39(63)10-11-40(58)64,30-84-21-14-36(60)52-17-5-2-8-33(48(79)80)56(25-43(69)70)26-44(71)72)31-85-22-15-37(61)53-18-6-3-9-34(49(81)82)57(27-45(73)74)28-46(75)76/h10-11,32-34H,1-9,12-31H2,(H,51,59)(H,52,60)(H,53,61)(H,54,62)(H,65,66)(H,67,68)(H,69,70)(H,71,72)(H,73,74)(H,75,76)(H,77,78)(H,79,80)(H,81,82). The lowest BCUT2D eigenvalue weighted by atomic mass is 10.0. The van der Waals surface area contributed by atoms with Crippen molar-refractivity contribution in [3.05, 3.63) is 12.2 Å². The highest BCUT2D eigenvalue weighted by Crippen LogP contribution is 2.15. The predicted octanol–water partition coefficient (Wildman–Crippen LogP) is -3.99. The van der Waals surface area contributed by atoms with Gasteiger partial charge in [0.25, 0.3) is 11.8 Å². The van der Waals surface area contributed by atoms with E-state index >= 15 is 0 Å². The van der Waals surface area contributed by atoms with Gasteiger partial charge < -0.3 is 81.4 Å². The van der Waals surface area contributed by atoms with E-state index in [-0.39, 0.29) is 123 Å². The Kier molecular flexibility index (Phi) is 36.0. The van der Waals surface area contributed by atoms with Gasteiger partial charge >= 0.3 is 53.7 Å². The summed E-state index contributed by atoms with van der Waals surface area (Å²) in [6.45, 7) is -7.76. The first-order valence-electron chi connectivity index (χ1n) is 26.7. The van der Waals surface area contributed by atoms with Crippen LogP contribution in [0.3, 0.4) is 0 Å². The maximum Gasteiger partial charge on any atom is 0.320 e. The fourth-order valence-corrected chi connectivity index (χ4v) is 8.35. The van der Waals surface area contributed by atoms with E-state index in [9.17, 15) is 87.2 Å². The topological polar surface area (TPSA) is 527 Å². The van der Waals surface area contributed by atoms with Crippen molar-refractivity contribution >= 4 is 89.2 Å². The molecule has 1 aliphatic rings. The summed E-state index contributed by atoms with van der Waals surface area (Å²) in [5, 5.41) is 94.3. The summed E-state index contributed by atoms with van der Waals surface area (Å²) >= 11 is 0. The van der Waals surface area contributed by atoms with Gasteiger partial charge in [-0.15, -0.1) is 0 Å². The molecule has 0 saturated heterocycles. The van der Waals surface area contributed by atoms with Crippen LogP contribution in [-0.2, 0) is 86.1 Å². The molecule has 0 radical (unpaired) electrons. The Morgan fingerprint density at radius 3 is 0.929 bits per heavy atom. The third kappa shape index (κ3) is 33.6. The second kappa shape index (κ2) is 40.9. The van der Waals surface area contributed by atoms with Crippen LogP contribution >= 0.6 is 0 Å². The SMILES string of the molecule is O=C(O)CN(CC(=O)O)C(CCCCNC(=O)CCOCC(COCCC(=O)NCCCCC(C(=O)O)N(CC(=O)O)CC(=O)O)(COCCC(=O)NCCCCC(C(=O)O)N(CC(=O)O)CC(=O)O)NC(=O)CCN1C(=O)C=CC1=O)C(=O)O. The number of amides is 6. The molecule has 35 heteroatoms. The van der Waals surface area contributed by atoms with Gasteiger partial charge in [-0.05, 0) is 57.8 Å². The number of carbonyl (C=O) groups is 15. The minimum absolute atomic E-state index is 0.0175. The average molecular weight is 1220 g/mol. The number of aliphatic carboxylic acids is 9. The number of hydrogen-bond donors (Lipinski definition) is 13. The number of rotatable bonds is 52. The Balaban J connectivity index is 3.16. The zero-order valence-corrected chi connectivity index (χ0v) is 46.6. The smallest absolute Gasteiger partial charge is 0.320 e. The highest BCUT2D eigenvalue weighted by Gasteiger charge is 2.36. The lowest BCUT2D eigenvalue weighted by Gasteiger charge is -2.34. The first-order chi connectivity index (χ1) is 40.1. The molecule has 0 aromatic heterocycles. The Labute approximate surface area is 485 Å². The van der Waals surface area contributed by atoms with Gasteiger partial charge in [-0.2, -0.15) is 0 Å². The predicted molar refractivity (Wildman–Crippen MR) is 283 cm³/mol. The second-order valence-electron chi connectivity index (χ2n) is 19.3. The quantitative estimate of drug-likeness (QED) is 0.0204. The first-order valence-corrected chi connectivity index (χ1v) is 26.7. The zero-order valence-electron chi connectivity index (χ0n) is 46.6. The molecular weight excluding hydrogens is 1140 g/mol. The van der Waals surface area contributed by atoms with Crippen molar-refractivity contribution in [3.8, 4) is 0 Å². The van der Waals surface area contributed by atoms with E-state index in [2.05, 4.69) is 21.3 Å². The Morgan fingerprint density at radius 1 is 0.412 bits per heavy atom. The van der Waals surface area contributed by atoms with E-state index < -0.39 is 178 Å². The molecular formula is C50H76N8O27. The van der Waals surface area contributed by atoms with Gasteiger partial charge in [-0.1, -0.05) is 0 Å². The molecule has 0 fully saturated rings. The van der Waals surface area contributed by atoms with Gasteiger partial charge in [0.05, 0.1) is 78.9 Å². The Hall–Kier alpha value is -8.25. The summed E-state index contributed by atoms with van der Waals surface area (Å²) in [6.07, 6.45) is 1.26. The maximum atomic E-state index is 13.6. The summed E-state index contributed by atoms with van der Waals surface area (Å²) in [5.74, 6) is -16.8. The summed E-state index contributed by atoms with van der Waals surface area (Å²) in [5.41, 5.74) is -1.70. The van der Waals surface area contributed by atoms with Crippen molar-refractivity contribution in [1.29, 1.82) is 0 Å².